The highest BCUT2D eigenvalue weighted by Crippen LogP contribution is 2.38. The molecule has 8 nitrogen and oxygen atoms in total. The van der Waals surface area contributed by atoms with Crippen LogP contribution in [0.4, 0.5) is 10.5 Å². The van der Waals surface area contributed by atoms with Crippen LogP contribution in [0.15, 0.2) is 24.4 Å². The third-order valence-corrected chi connectivity index (χ3v) is 4.63. The molecule has 2 amide bonds. The van der Waals surface area contributed by atoms with Gasteiger partial charge < -0.3 is 14.8 Å². The second-order valence-corrected chi connectivity index (χ2v) is 6.47. The van der Waals surface area contributed by atoms with Gasteiger partial charge in [0.25, 0.3) is 0 Å². The van der Waals surface area contributed by atoms with Crippen molar-refractivity contribution in [3.8, 4) is 17.0 Å². The van der Waals surface area contributed by atoms with Crippen molar-refractivity contribution in [1.82, 2.24) is 15.1 Å². The fourth-order valence-corrected chi connectivity index (χ4v) is 3.37. The highest BCUT2D eigenvalue weighted by Gasteiger charge is 2.33. The molecule has 26 heavy (non-hydrogen) atoms. The Morgan fingerprint density at radius 2 is 2.27 bits per heavy atom. The number of rotatable bonds is 3. The Bertz CT molecular complexity index is 876. The predicted octanol–water partition coefficient (Wildman–Crippen LogP) is 1.48. The molecule has 0 saturated carbocycles. The molecule has 0 spiro atoms. The number of anilines is 1. The van der Waals surface area contributed by atoms with Gasteiger partial charge in [-0.15, -0.1) is 0 Å². The normalized spacial score (nSPS) is 18.5. The van der Waals surface area contributed by atoms with Gasteiger partial charge in [0.2, 0.25) is 5.91 Å². The average Bonchev–Trinajstić information content (AvgIpc) is 3.09. The van der Waals surface area contributed by atoms with Crippen molar-refractivity contribution < 1.29 is 19.1 Å². The number of hydrogen-bond donors (Lipinski definition) is 1. The topological polar surface area (TPSA) is 85.7 Å². The summed E-state index contributed by atoms with van der Waals surface area (Å²) in [7, 11) is 1.91. The van der Waals surface area contributed by atoms with Crippen molar-refractivity contribution in [2.75, 3.05) is 24.6 Å². The third kappa shape index (κ3) is 2.87. The Labute approximate surface area is 150 Å². The molecular formula is C18H20N4O4. The zero-order chi connectivity index (χ0) is 18.3. The number of carbonyl (C=O) groups excluding carboxylic acids is 2. The molecule has 1 aromatic carbocycles. The molecule has 8 heteroatoms. The molecule has 1 aromatic heterocycles. The van der Waals surface area contributed by atoms with E-state index in [9.17, 15) is 9.59 Å². The molecule has 2 aliphatic rings. The number of nitrogens with zero attached hydrogens (tertiary/aromatic N) is 3. The van der Waals surface area contributed by atoms with Crippen LogP contribution in [0.2, 0.25) is 0 Å². The summed E-state index contributed by atoms with van der Waals surface area (Å²) in [4.78, 5) is 24.8. The number of amides is 2. The van der Waals surface area contributed by atoms with E-state index in [0.29, 0.717) is 25.4 Å². The molecule has 2 aliphatic heterocycles. The van der Waals surface area contributed by atoms with Crippen molar-refractivity contribution in [3.63, 3.8) is 0 Å². The van der Waals surface area contributed by atoms with Gasteiger partial charge in [-0.2, -0.15) is 5.10 Å². The van der Waals surface area contributed by atoms with E-state index >= 15 is 0 Å². The van der Waals surface area contributed by atoms with E-state index in [1.807, 2.05) is 36.1 Å². The molecule has 3 heterocycles. The number of carbonyl (C=O) groups is 2. The Hall–Kier alpha value is -3.03. The van der Waals surface area contributed by atoms with Crippen molar-refractivity contribution in [1.29, 1.82) is 0 Å². The summed E-state index contributed by atoms with van der Waals surface area (Å²) in [5.74, 6) is 0.577. The number of fused-ring (bicyclic) bond motifs is 3. The largest absolute Gasteiger partial charge is 0.492 e. The summed E-state index contributed by atoms with van der Waals surface area (Å²) in [6.45, 7) is 2.68. The molecule has 4 rings (SSSR count). The maximum absolute atomic E-state index is 12.2. The highest BCUT2D eigenvalue weighted by molar-refractivity contribution is 5.91. The molecule has 0 radical (unpaired) electrons. The first kappa shape index (κ1) is 16.4. The molecule has 0 aliphatic carbocycles. The van der Waals surface area contributed by atoms with Crippen LogP contribution < -0.4 is 15.0 Å². The quantitative estimate of drug-likeness (QED) is 0.900. The summed E-state index contributed by atoms with van der Waals surface area (Å²) < 4.78 is 13.1. The van der Waals surface area contributed by atoms with E-state index in [1.54, 1.807) is 4.90 Å². The van der Waals surface area contributed by atoms with Gasteiger partial charge in [0, 0.05) is 37.6 Å². The second kappa shape index (κ2) is 6.36. The van der Waals surface area contributed by atoms with Gasteiger partial charge in [0.05, 0.1) is 37.3 Å². The van der Waals surface area contributed by atoms with Crippen LogP contribution in [0.5, 0.6) is 5.75 Å². The van der Waals surface area contributed by atoms with Crippen molar-refractivity contribution in [2.45, 2.75) is 19.4 Å². The monoisotopic (exact) mass is 356 g/mol. The molecule has 2 aromatic rings. The lowest BCUT2D eigenvalue weighted by molar-refractivity contribution is -0.119. The van der Waals surface area contributed by atoms with E-state index in [2.05, 4.69) is 10.4 Å². The van der Waals surface area contributed by atoms with Crippen LogP contribution in [0, 0.1) is 0 Å². The summed E-state index contributed by atoms with van der Waals surface area (Å²) in [5, 5.41) is 7.01. The first-order chi connectivity index (χ1) is 12.5. The molecule has 1 saturated heterocycles. The lowest BCUT2D eigenvalue weighted by Gasteiger charge is -2.16. The minimum absolute atomic E-state index is 0.148. The Morgan fingerprint density at radius 1 is 1.42 bits per heavy atom. The van der Waals surface area contributed by atoms with Crippen LogP contribution in [-0.2, 0) is 23.0 Å². The standard InChI is InChI=1S/C18H20N4O4/c1-11(23)19-9-14-10-22(18(24)26-14)13-3-4-15-16(7-13)25-6-5-12-8-20-21(2)17(12)15/h3-4,7-8,14H,5-6,9-10H2,1-2H3,(H,19,23). The smallest absolute Gasteiger partial charge is 0.414 e. The number of aryl methyl sites for hydroxylation is 1. The minimum atomic E-state index is -0.421. The lowest BCUT2D eigenvalue weighted by atomic mass is 10.1. The molecule has 1 N–H and O–H groups in total. The lowest BCUT2D eigenvalue weighted by Crippen LogP contribution is -2.33. The van der Waals surface area contributed by atoms with Crippen LogP contribution in [-0.4, -0.2) is 47.6 Å². The van der Waals surface area contributed by atoms with E-state index in [4.69, 9.17) is 9.47 Å². The van der Waals surface area contributed by atoms with Crippen molar-refractivity contribution in [2.24, 2.45) is 7.05 Å². The third-order valence-electron chi connectivity index (χ3n) is 4.63. The molecule has 1 fully saturated rings. The number of aromatic nitrogens is 2. The Kier molecular flexibility index (Phi) is 4.02. The molecule has 1 atom stereocenters. The van der Waals surface area contributed by atoms with Crippen LogP contribution in [0.3, 0.4) is 0 Å². The van der Waals surface area contributed by atoms with Crippen LogP contribution in [0.1, 0.15) is 12.5 Å². The minimum Gasteiger partial charge on any atom is -0.492 e. The second-order valence-electron chi connectivity index (χ2n) is 6.47. The van der Waals surface area contributed by atoms with Crippen LogP contribution >= 0.6 is 0 Å². The average molecular weight is 356 g/mol. The Balaban J connectivity index is 1.60. The van der Waals surface area contributed by atoms with E-state index < -0.39 is 6.09 Å². The first-order valence-electron chi connectivity index (χ1n) is 8.53. The van der Waals surface area contributed by atoms with Gasteiger partial charge in [0.1, 0.15) is 11.9 Å². The maximum atomic E-state index is 12.2. The summed E-state index contributed by atoms with van der Waals surface area (Å²) >= 11 is 0. The zero-order valence-electron chi connectivity index (χ0n) is 14.7. The van der Waals surface area contributed by atoms with E-state index in [-0.39, 0.29) is 12.0 Å². The summed E-state index contributed by atoms with van der Waals surface area (Å²) in [5.41, 5.74) is 3.86. The van der Waals surface area contributed by atoms with Gasteiger partial charge in [-0.1, -0.05) is 0 Å². The van der Waals surface area contributed by atoms with Gasteiger partial charge in [-0.05, 0) is 12.1 Å². The van der Waals surface area contributed by atoms with Crippen molar-refractivity contribution in [3.05, 3.63) is 30.0 Å². The zero-order valence-corrected chi connectivity index (χ0v) is 14.7. The van der Waals surface area contributed by atoms with Gasteiger partial charge >= 0.3 is 6.09 Å². The summed E-state index contributed by atoms with van der Waals surface area (Å²) in [6, 6.07) is 5.69. The molecule has 1 unspecified atom stereocenters. The SMILES string of the molecule is CC(=O)NCC1CN(c2ccc3c(c2)OCCc2cnn(C)c2-3)C(=O)O1. The van der Waals surface area contributed by atoms with E-state index in [1.165, 1.54) is 6.92 Å². The van der Waals surface area contributed by atoms with Gasteiger partial charge in [-0.25, -0.2) is 4.79 Å². The van der Waals surface area contributed by atoms with E-state index in [0.717, 1.165) is 29.0 Å². The molecule has 0 bridgehead atoms. The maximum Gasteiger partial charge on any atom is 0.414 e. The fraction of sp³-hybridized carbons (Fsp3) is 0.389. The number of hydrogen-bond acceptors (Lipinski definition) is 5. The number of cyclic esters (lactones) is 1. The first-order valence-corrected chi connectivity index (χ1v) is 8.53. The summed E-state index contributed by atoms with van der Waals surface area (Å²) in [6.07, 6.45) is 1.87. The van der Waals surface area contributed by atoms with Gasteiger partial charge in [-0.3, -0.25) is 14.4 Å². The van der Waals surface area contributed by atoms with Gasteiger partial charge in [0.15, 0.2) is 0 Å². The van der Waals surface area contributed by atoms with Crippen LogP contribution in [0.25, 0.3) is 11.3 Å². The molecule has 136 valence electrons. The number of benzene rings is 1. The Morgan fingerprint density at radius 3 is 3.08 bits per heavy atom. The number of ether oxygens (including phenoxy) is 2. The fourth-order valence-electron chi connectivity index (χ4n) is 3.37. The van der Waals surface area contributed by atoms with Crippen molar-refractivity contribution >= 4 is 17.7 Å². The molecular weight excluding hydrogens is 336 g/mol. The predicted molar refractivity (Wildman–Crippen MR) is 94.1 cm³/mol. The highest BCUT2D eigenvalue weighted by atomic mass is 16.6. The number of nitrogens with one attached hydrogen (secondary N) is 1.